The van der Waals surface area contributed by atoms with Gasteiger partial charge in [0.2, 0.25) is 10.0 Å². The lowest BCUT2D eigenvalue weighted by molar-refractivity contribution is -0.386. The average Bonchev–Trinajstić information content (AvgIpc) is 2.44. The molecule has 0 radical (unpaired) electrons. The van der Waals surface area contributed by atoms with Crippen LogP contribution in [0.2, 0.25) is 0 Å². The van der Waals surface area contributed by atoms with Crippen molar-refractivity contribution < 1.29 is 13.3 Å². The van der Waals surface area contributed by atoms with Gasteiger partial charge in [-0.2, -0.15) is 11.8 Å². The largest absolute Gasteiger partial charge is 0.379 e. The van der Waals surface area contributed by atoms with Crippen LogP contribution in [0.5, 0.6) is 0 Å². The highest BCUT2D eigenvalue weighted by Gasteiger charge is 2.28. The lowest BCUT2D eigenvalue weighted by Crippen LogP contribution is -2.27. The maximum absolute atomic E-state index is 12.2. The average molecular weight is 333 g/mol. The zero-order chi connectivity index (χ0) is 15.9. The van der Waals surface area contributed by atoms with E-state index >= 15 is 0 Å². The molecule has 0 aliphatic heterocycles. The molecule has 0 heterocycles. The second kappa shape index (κ2) is 8.20. The summed E-state index contributed by atoms with van der Waals surface area (Å²) in [6.45, 7) is 2.68. The Balaban J connectivity index is 3.19. The van der Waals surface area contributed by atoms with Gasteiger partial charge in [0.1, 0.15) is 5.69 Å². The van der Waals surface area contributed by atoms with E-state index in [2.05, 4.69) is 10.0 Å². The normalized spacial score (nSPS) is 11.3. The number of nitrogens with one attached hydrogen (secondary N) is 2. The van der Waals surface area contributed by atoms with Gasteiger partial charge in [0.25, 0.3) is 0 Å². The lowest BCUT2D eigenvalue weighted by atomic mass is 10.2. The molecule has 0 aliphatic rings. The van der Waals surface area contributed by atoms with Crippen LogP contribution in [0.25, 0.3) is 0 Å². The molecule has 0 saturated heterocycles. The van der Waals surface area contributed by atoms with Gasteiger partial charge in [-0.1, -0.05) is 13.0 Å². The van der Waals surface area contributed by atoms with E-state index in [1.54, 1.807) is 0 Å². The van der Waals surface area contributed by atoms with Crippen molar-refractivity contribution >= 4 is 33.2 Å². The van der Waals surface area contributed by atoms with E-state index in [1.165, 1.54) is 30.0 Å². The van der Waals surface area contributed by atoms with Gasteiger partial charge in [-0.05, 0) is 24.8 Å². The van der Waals surface area contributed by atoms with Crippen molar-refractivity contribution in [3.63, 3.8) is 0 Å². The first-order valence-corrected chi connectivity index (χ1v) is 9.31. The minimum atomic E-state index is -3.90. The Bertz CT molecular complexity index is 590. The quantitative estimate of drug-likeness (QED) is 0.407. The number of anilines is 1. The monoisotopic (exact) mass is 333 g/mol. The van der Waals surface area contributed by atoms with Crippen LogP contribution in [0.3, 0.4) is 0 Å². The lowest BCUT2D eigenvalue weighted by Gasteiger charge is -2.10. The third kappa shape index (κ3) is 4.87. The van der Waals surface area contributed by atoms with Gasteiger partial charge in [0, 0.05) is 18.8 Å². The summed E-state index contributed by atoms with van der Waals surface area (Å²) in [6, 6.07) is 4.25. The Hall–Kier alpha value is -1.32. The summed E-state index contributed by atoms with van der Waals surface area (Å²) in [4.78, 5) is 10.3. The Morgan fingerprint density at radius 3 is 2.62 bits per heavy atom. The van der Waals surface area contributed by atoms with Gasteiger partial charge in [0.15, 0.2) is 4.90 Å². The highest BCUT2D eigenvalue weighted by atomic mass is 32.2. The van der Waals surface area contributed by atoms with Crippen molar-refractivity contribution in [2.24, 2.45) is 0 Å². The van der Waals surface area contributed by atoms with Crippen LogP contribution < -0.4 is 10.0 Å². The number of nitrogens with zero attached hydrogens (tertiary/aromatic N) is 1. The zero-order valence-electron chi connectivity index (χ0n) is 12.0. The molecule has 0 bridgehead atoms. The molecule has 118 valence electrons. The fourth-order valence-electron chi connectivity index (χ4n) is 1.69. The summed E-state index contributed by atoms with van der Waals surface area (Å²) >= 11 is 1.49. The molecular formula is C12H19N3O4S2. The molecule has 7 nitrogen and oxygen atoms in total. The SMILES string of the molecule is CCCNc1cccc(S(=O)(=O)NCCSC)c1[N+](=O)[O-]. The standard InChI is InChI=1S/C12H19N3O4S2/c1-3-7-13-10-5-4-6-11(12(10)15(16)17)21(18,19)14-8-9-20-2/h4-6,13-14H,3,7-9H2,1-2H3. The first-order valence-electron chi connectivity index (χ1n) is 6.44. The molecule has 0 aromatic heterocycles. The van der Waals surface area contributed by atoms with Crippen LogP contribution in [0.1, 0.15) is 13.3 Å². The summed E-state index contributed by atoms with van der Waals surface area (Å²) in [5.41, 5.74) is -0.197. The predicted molar refractivity (Wildman–Crippen MR) is 85.4 cm³/mol. The molecule has 21 heavy (non-hydrogen) atoms. The molecule has 0 fully saturated rings. The molecule has 0 aliphatic carbocycles. The Morgan fingerprint density at radius 1 is 1.33 bits per heavy atom. The van der Waals surface area contributed by atoms with Crippen LogP contribution >= 0.6 is 11.8 Å². The molecule has 1 aromatic carbocycles. The van der Waals surface area contributed by atoms with E-state index in [4.69, 9.17) is 0 Å². The molecule has 0 atom stereocenters. The summed E-state index contributed by atoms with van der Waals surface area (Å²) in [6.07, 6.45) is 2.63. The van der Waals surface area contributed by atoms with Crippen LogP contribution in [0, 0.1) is 10.1 Å². The topological polar surface area (TPSA) is 101 Å². The fraction of sp³-hybridized carbons (Fsp3) is 0.500. The van der Waals surface area contributed by atoms with Crippen LogP contribution in [0.15, 0.2) is 23.1 Å². The second-order valence-electron chi connectivity index (χ2n) is 4.23. The molecule has 0 amide bonds. The fourth-order valence-corrected chi connectivity index (χ4v) is 3.34. The number of thioether (sulfide) groups is 1. The Labute approximate surface area is 128 Å². The number of rotatable bonds is 9. The van der Waals surface area contributed by atoms with Gasteiger partial charge >= 0.3 is 5.69 Å². The molecule has 0 saturated carbocycles. The molecule has 1 aromatic rings. The van der Waals surface area contributed by atoms with Crippen LogP contribution in [-0.4, -0.2) is 38.4 Å². The van der Waals surface area contributed by atoms with Crippen LogP contribution in [0.4, 0.5) is 11.4 Å². The van der Waals surface area contributed by atoms with Gasteiger partial charge in [-0.15, -0.1) is 0 Å². The van der Waals surface area contributed by atoms with Crippen molar-refractivity contribution in [3.05, 3.63) is 28.3 Å². The Kier molecular flexibility index (Phi) is 6.93. The number of para-hydroxylation sites is 1. The third-order valence-corrected chi connectivity index (χ3v) is 4.74. The molecule has 0 unspecified atom stereocenters. The molecule has 2 N–H and O–H groups in total. The van der Waals surface area contributed by atoms with E-state index in [0.29, 0.717) is 12.3 Å². The zero-order valence-corrected chi connectivity index (χ0v) is 13.6. The third-order valence-electron chi connectivity index (χ3n) is 2.63. The molecule has 0 spiro atoms. The number of nitro benzene ring substituents is 1. The summed E-state index contributed by atoms with van der Waals surface area (Å²) < 4.78 is 26.8. The van der Waals surface area contributed by atoms with Crippen molar-refractivity contribution in [1.29, 1.82) is 0 Å². The summed E-state index contributed by atoms with van der Waals surface area (Å²) in [5.74, 6) is 0.598. The van der Waals surface area contributed by atoms with Gasteiger partial charge < -0.3 is 5.32 Å². The van der Waals surface area contributed by atoms with Crippen molar-refractivity contribution in [3.8, 4) is 0 Å². The summed E-state index contributed by atoms with van der Waals surface area (Å²) in [5, 5.41) is 14.1. The number of benzene rings is 1. The van der Waals surface area contributed by atoms with Gasteiger partial charge in [0.05, 0.1) is 4.92 Å². The van der Waals surface area contributed by atoms with Gasteiger partial charge in [-0.3, -0.25) is 10.1 Å². The smallest absolute Gasteiger partial charge is 0.312 e. The minimum absolute atomic E-state index is 0.217. The maximum Gasteiger partial charge on any atom is 0.312 e. The van der Waals surface area contributed by atoms with E-state index in [9.17, 15) is 18.5 Å². The van der Waals surface area contributed by atoms with E-state index < -0.39 is 20.6 Å². The second-order valence-corrected chi connectivity index (χ2v) is 6.95. The van der Waals surface area contributed by atoms with Crippen molar-refractivity contribution in [2.45, 2.75) is 18.2 Å². The van der Waals surface area contributed by atoms with Crippen LogP contribution in [-0.2, 0) is 10.0 Å². The number of hydrogen-bond acceptors (Lipinski definition) is 6. The van der Waals surface area contributed by atoms with E-state index in [-0.39, 0.29) is 17.1 Å². The molecule has 9 heteroatoms. The first-order chi connectivity index (χ1) is 9.94. The van der Waals surface area contributed by atoms with E-state index in [1.807, 2.05) is 13.2 Å². The molecular weight excluding hydrogens is 314 g/mol. The molecule has 1 rings (SSSR count). The highest BCUT2D eigenvalue weighted by molar-refractivity contribution is 7.98. The number of sulfonamides is 1. The minimum Gasteiger partial charge on any atom is -0.379 e. The van der Waals surface area contributed by atoms with Crippen molar-refractivity contribution in [2.75, 3.05) is 30.4 Å². The maximum atomic E-state index is 12.2. The van der Waals surface area contributed by atoms with Gasteiger partial charge in [-0.25, -0.2) is 13.1 Å². The number of hydrogen-bond donors (Lipinski definition) is 2. The first kappa shape index (κ1) is 17.7. The predicted octanol–water partition coefficient (Wildman–Crippen LogP) is 2.06. The number of nitro groups is 1. The Morgan fingerprint density at radius 2 is 2.05 bits per heavy atom. The van der Waals surface area contributed by atoms with Crippen molar-refractivity contribution in [1.82, 2.24) is 4.72 Å². The van der Waals surface area contributed by atoms with E-state index in [0.717, 1.165) is 6.42 Å². The summed E-state index contributed by atoms with van der Waals surface area (Å²) in [7, 11) is -3.90. The highest BCUT2D eigenvalue weighted by Crippen LogP contribution is 2.31.